The van der Waals surface area contributed by atoms with E-state index in [1.807, 2.05) is 37.3 Å². The molecule has 3 rings (SSSR count). The molecule has 0 spiro atoms. The number of benzene rings is 2. The molecule has 0 saturated heterocycles. The number of methoxy groups -OCH3 is 2. The van der Waals surface area contributed by atoms with E-state index in [4.69, 9.17) is 33.3 Å². The Morgan fingerprint density at radius 2 is 1.93 bits per heavy atom. The molecule has 0 amide bonds. The second-order valence-corrected chi connectivity index (χ2v) is 7.91. The van der Waals surface area contributed by atoms with E-state index < -0.39 is 0 Å². The summed E-state index contributed by atoms with van der Waals surface area (Å²) in [6.45, 7) is 2.66. The molecule has 1 fully saturated rings. The van der Waals surface area contributed by atoms with Gasteiger partial charge in [0, 0.05) is 28.9 Å². The molecule has 2 aromatic carbocycles. The van der Waals surface area contributed by atoms with E-state index in [-0.39, 0.29) is 0 Å². The van der Waals surface area contributed by atoms with Crippen molar-refractivity contribution in [2.75, 3.05) is 19.5 Å². The van der Waals surface area contributed by atoms with Gasteiger partial charge in [-0.1, -0.05) is 36.6 Å². The number of para-hydroxylation sites is 1. The van der Waals surface area contributed by atoms with Crippen LogP contribution >= 0.6 is 23.8 Å². The highest BCUT2D eigenvalue weighted by Crippen LogP contribution is 2.34. The maximum atomic E-state index is 6.16. The Labute approximate surface area is 177 Å². The minimum Gasteiger partial charge on any atom is -0.493 e. The van der Waals surface area contributed by atoms with Gasteiger partial charge in [0.15, 0.2) is 16.6 Å². The Bertz CT molecular complexity index is 837. The number of aryl methyl sites for hydroxylation is 1. The molecule has 1 aliphatic carbocycles. The molecule has 0 bridgehead atoms. The van der Waals surface area contributed by atoms with Crippen LogP contribution < -0.4 is 14.8 Å². The average molecular weight is 419 g/mol. The topological polar surface area (TPSA) is 33.7 Å². The van der Waals surface area contributed by atoms with E-state index in [9.17, 15) is 0 Å². The molecule has 6 heteroatoms. The number of halogens is 1. The molecule has 150 valence electrons. The lowest BCUT2D eigenvalue weighted by atomic mass is 10.1. The molecule has 0 heterocycles. The van der Waals surface area contributed by atoms with Gasteiger partial charge in [-0.2, -0.15) is 0 Å². The van der Waals surface area contributed by atoms with Gasteiger partial charge in [-0.15, -0.1) is 0 Å². The lowest BCUT2D eigenvalue weighted by Crippen LogP contribution is -2.41. The maximum absolute atomic E-state index is 6.16. The van der Waals surface area contributed by atoms with Crippen molar-refractivity contribution >= 4 is 34.6 Å². The highest BCUT2D eigenvalue weighted by molar-refractivity contribution is 7.80. The van der Waals surface area contributed by atoms with Crippen LogP contribution in [0.3, 0.4) is 0 Å². The highest BCUT2D eigenvalue weighted by Gasteiger charge is 2.26. The van der Waals surface area contributed by atoms with Crippen molar-refractivity contribution in [1.82, 2.24) is 4.90 Å². The van der Waals surface area contributed by atoms with Crippen molar-refractivity contribution in [3.8, 4) is 11.5 Å². The summed E-state index contributed by atoms with van der Waals surface area (Å²) in [5, 5.41) is 4.88. The standard InChI is InChI=1S/C22H27ClN2O2S/c1-15-13-17(11-12-19(15)23)24-22(28)25(18-8-4-5-9-18)14-16-7-6-10-20(26-2)21(16)27-3/h6-7,10-13,18H,4-5,8-9,14H2,1-3H3,(H,24,28). The van der Waals surface area contributed by atoms with E-state index in [0.717, 1.165) is 51.3 Å². The number of hydrogen-bond donors (Lipinski definition) is 1. The van der Waals surface area contributed by atoms with E-state index in [0.29, 0.717) is 12.6 Å². The summed E-state index contributed by atoms with van der Waals surface area (Å²) < 4.78 is 11.1. The molecular weight excluding hydrogens is 392 g/mol. The number of ether oxygens (including phenoxy) is 2. The summed E-state index contributed by atoms with van der Waals surface area (Å²) in [4.78, 5) is 2.28. The zero-order chi connectivity index (χ0) is 20.1. The Hall–Kier alpha value is -1.98. The molecule has 0 aliphatic heterocycles. The van der Waals surface area contributed by atoms with Crippen LogP contribution in [-0.4, -0.2) is 30.3 Å². The minimum atomic E-state index is 0.421. The molecule has 28 heavy (non-hydrogen) atoms. The molecule has 0 unspecified atom stereocenters. The molecule has 0 atom stereocenters. The number of nitrogens with one attached hydrogen (secondary N) is 1. The fourth-order valence-electron chi connectivity index (χ4n) is 3.76. The second kappa shape index (κ2) is 9.48. The Balaban J connectivity index is 1.85. The first-order valence-corrected chi connectivity index (χ1v) is 10.4. The van der Waals surface area contributed by atoms with E-state index >= 15 is 0 Å². The largest absolute Gasteiger partial charge is 0.493 e. The Morgan fingerprint density at radius 3 is 2.57 bits per heavy atom. The van der Waals surface area contributed by atoms with Crippen molar-refractivity contribution in [2.24, 2.45) is 0 Å². The zero-order valence-corrected chi connectivity index (χ0v) is 18.2. The van der Waals surface area contributed by atoms with Gasteiger partial charge in [0.05, 0.1) is 14.2 Å². The van der Waals surface area contributed by atoms with Crippen molar-refractivity contribution in [2.45, 2.75) is 45.2 Å². The molecule has 2 aromatic rings. The Kier molecular flexibility index (Phi) is 7.03. The quantitative estimate of drug-likeness (QED) is 0.599. The molecule has 0 radical (unpaired) electrons. The smallest absolute Gasteiger partial charge is 0.173 e. The van der Waals surface area contributed by atoms with Gasteiger partial charge >= 0.3 is 0 Å². The zero-order valence-electron chi connectivity index (χ0n) is 16.6. The van der Waals surface area contributed by atoms with Gasteiger partial charge in [-0.05, 0) is 61.8 Å². The monoisotopic (exact) mass is 418 g/mol. The first-order chi connectivity index (χ1) is 13.5. The fraction of sp³-hybridized carbons (Fsp3) is 0.409. The fourth-order valence-corrected chi connectivity index (χ4v) is 4.21. The molecule has 1 saturated carbocycles. The third-order valence-corrected chi connectivity index (χ3v) is 6.02. The van der Waals surface area contributed by atoms with Gasteiger partial charge in [-0.3, -0.25) is 0 Å². The molecule has 4 nitrogen and oxygen atoms in total. The van der Waals surface area contributed by atoms with Crippen LogP contribution in [0.1, 0.15) is 36.8 Å². The summed E-state index contributed by atoms with van der Waals surface area (Å²) >= 11 is 12.0. The molecule has 1 N–H and O–H groups in total. The van der Waals surface area contributed by atoms with E-state index in [2.05, 4.69) is 16.3 Å². The molecule has 1 aliphatic rings. The van der Waals surface area contributed by atoms with Gasteiger partial charge in [0.1, 0.15) is 0 Å². The van der Waals surface area contributed by atoms with E-state index in [1.54, 1.807) is 14.2 Å². The first kappa shape index (κ1) is 20.7. The summed E-state index contributed by atoms with van der Waals surface area (Å²) in [5.41, 5.74) is 3.04. The van der Waals surface area contributed by atoms with Crippen molar-refractivity contribution in [1.29, 1.82) is 0 Å². The van der Waals surface area contributed by atoms with Crippen LogP contribution in [0.2, 0.25) is 5.02 Å². The van der Waals surface area contributed by atoms with Crippen LogP contribution in [0, 0.1) is 6.92 Å². The normalized spacial score (nSPS) is 14.0. The first-order valence-electron chi connectivity index (χ1n) is 9.57. The SMILES string of the molecule is COc1cccc(CN(C(=S)Nc2ccc(Cl)c(C)c2)C2CCCC2)c1OC. The minimum absolute atomic E-state index is 0.421. The lowest BCUT2D eigenvalue weighted by molar-refractivity contribution is 0.300. The third-order valence-electron chi connectivity index (χ3n) is 5.26. The summed E-state index contributed by atoms with van der Waals surface area (Å²) in [5.74, 6) is 1.50. The third kappa shape index (κ3) is 4.70. The van der Waals surface area contributed by atoms with Gasteiger partial charge in [0.25, 0.3) is 0 Å². The van der Waals surface area contributed by atoms with Crippen molar-refractivity contribution < 1.29 is 9.47 Å². The summed E-state index contributed by atoms with van der Waals surface area (Å²) in [6.07, 6.45) is 4.76. The van der Waals surface area contributed by atoms with Crippen LogP contribution in [0.15, 0.2) is 36.4 Å². The number of thiocarbonyl (C=S) groups is 1. The summed E-state index contributed by atoms with van der Waals surface area (Å²) in [6, 6.07) is 12.3. The van der Waals surface area contributed by atoms with Crippen LogP contribution in [0.25, 0.3) is 0 Å². The number of anilines is 1. The highest BCUT2D eigenvalue weighted by atomic mass is 35.5. The van der Waals surface area contributed by atoms with Crippen LogP contribution in [0.5, 0.6) is 11.5 Å². The van der Waals surface area contributed by atoms with Gasteiger partial charge in [0.2, 0.25) is 0 Å². The van der Waals surface area contributed by atoms with Gasteiger partial charge < -0.3 is 19.7 Å². The molecule has 0 aromatic heterocycles. The number of nitrogens with zero attached hydrogens (tertiary/aromatic N) is 1. The van der Waals surface area contributed by atoms with Gasteiger partial charge in [-0.25, -0.2) is 0 Å². The molecular formula is C22H27ClN2O2S. The predicted octanol–water partition coefficient (Wildman–Crippen LogP) is 5.81. The van der Waals surface area contributed by atoms with Crippen LogP contribution in [0.4, 0.5) is 5.69 Å². The van der Waals surface area contributed by atoms with Crippen molar-refractivity contribution in [3.05, 3.63) is 52.5 Å². The van der Waals surface area contributed by atoms with Crippen molar-refractivity contribution in [3.63, 3.8) is 0 Å². The second-order valence-electron chi connectivity index (χ2n) is 7.11. The maximum Gasteiger partial charge on any atom is 0.173 e. The Morgan fingerprint density at radius 1 is 1.18 bits per heavy atom. The number of rotatable bonds is 6. The van der Waals surface area contributed by atoms with E-state index in [1.165, 1.54) is 12.8 Å². The van der Waals surface area contributed by atoms with Crippen LogP contribution in [-0.2, 0) is 6.54 Å². The predicted molar refractivity (Wildman–Crippen MR) is 120 cm³/mol. The average Bonchev–Trinajstić information content (AvgIpc) is 3.22. The lowest BCUT2D eigenvalue weighted by Gasteiger charge is -2.32. The summed E-state index contributed by atoms with van der Waals surface area (Å²) in [7, 11) is 3.33. The number of hydrogen-bond acceptors (Lipinski definition) is 3.